The Morgan fingerprint density at radius 1 is 1.18 bits per heavy atom. The van der Waals surface area contributed by atoms with Gasteiger partial charge in [-0.05, 0) is 24.6 Å². The zero-order valence-electron chi connectivity index (χ0n) is 14.9. The Bertz CT molecular complexity index is 1160. The van der Waals surface area contributed by atoms with Crippen molar-refractivity contribution in [2.75, 3.05) is 6.61 Å². The van der Waals surface area contributed by atoms with E-state index >= 15 is 0 Å². The van der Waals surface area contributed by atoms with Crippen LogP contribution in [0.2, 0.25) is 0 Å². The first kappa shape index (κ1) is 19.0. The Hall–Kier alpha value is -3.82. The van der Waals surface area contributed by atoms with Crippen LogP contribution in [0.25, 0.3) is 11.0 Å². The van der Waals surface area contributed by atoms with Gasteiger partial charge in [-0.25, -0.2) is 14.3 Å². The van der Waals surface area contributed by atoms with Gasteiger partial charge in [0.25, 0.3) is 11.2 Å². The molecule has 0 radical (unpaired) electrons. The molecule has 0 atom stereocenters. The molecule has 0 N–H and O–H groups in total. The number of benzene rings is 1. The summed E-state index contributed by atoms with van der Waals surface area (Å²) >= 11 is 0. The summed E-state index contributed by atoms with van der Waals surface area (Å²) in [7, 11) is 0. The molecule has 2 heterocycles. The molecule has 0 aliphatic rings. The number of carbonyl (C=O) groups excluding carboxylic acids is 1. The number of carbonyl (C=O) groups is 1. The zero-order valence-corrected chi connectivity index (χ0v) is 14.9. The van der Waals surface area contributed by atoms with Crippen molar-refractivity contribution in [2.45, 2.75) is 20.0 Å². The smallest absolute Gasteiger partial charge is 0.333 e. The molecule has 3 rings (SSSR count). The summed E-state index contributed by atoms with van der Waals surface area (Å²) in [5, 5.41) is 11.0. The van der Waals surface area contributed by atoms with Crippen LogP contribution in [-0.2, 0) is 22.6 Å². The van der Waals surface area contributed by atoms with Crippen molar-refractivity contribution >= 4 is 22.7 Å². The Kier molecular flexibility index (Phi) is 5.30. The summed E-state index contributed by atoms with van der Waals surface area (Å²) in [6.45, 7) is 1.25. The summed E-state index contributed by atoms with van der Waals surface area (Å²) < 4.78 is 6.88. The average Bonchev–Trinajstić information content (AvgIpc) is 2.69. The van der Waals surface area contributed by atoms with Gasteiger partial charge in [-0.2, -0.15) is 0 Å². The molecular weight excluding hydrogens is 368 g/mol. The molecule has 0 saturated heterocycles. The molecule has 10 heteroatoms. The molecule has 0 saturated carbocycles. The summed E-state index contributed by atoms with van der Waals surface area (Å²) in [4.78, 5) is 51.7. The van der Waals surface area contributed by atoms with Crippen LogP contribution in [0.4, 0.5) is 5.69 Å². The third-order valence-electron chi connectivity index (χ3n) is 4.06. The highest BCUT2D eigenvalue weighted by Gasteiger charge is 2.17. The van der Waals surface area contributed by atoms with E-state index in [9.17, 15) is 24.5 Å². The summed E-state index contributed by atoms with van der Waals surface area (Å²) in [6, 6.07) is 8.74. The van der Waals surface area contributed by atoms with Gasteiger partial charge in [0, 0.05) is 18.3 Å². The van der Waals surface area contributed by atoms with Gasteiger partial charge in [0.2, 0.25) is 0 Å². The molecule has 0 amide bonds. The van der Waals surface area contributed by atoms with E-state index in [2.05, 4.69) is 4.98 Å². The number of esters is 1. The van der Waals surface area contributed by atoms with E-state index in [4.69, 9.17) is 4.74 Å². The minimum atomic E-state index is -0.720. The van der Waals surface area contributed by atoms with Crippen LogP contribution in [0.1, 0.15) is 12.5 Å². The van der Waals surface area contributed by atoms with E-state index in [0.29, 0.717) is 5.56 Å². The van der Waals surface area contributed by atoms with Crippen molar-refractivity contribution in [3.63, 3.8) is 0 Å². The number of nitro benzene ring substituents is 1. The summed E-state index contributed by atoms with van der Waals surface area (Å²) in [6.07, 6.45) is 1.45. The lowest BCUT2D eigenvalue weighted by Gasteiger charge is -2.13. The maximum absolute atomic E-state index is 12.9. The lowest BCUT2D eigenvalue weighted by Crippen LogP contribution is -2.42. The number of fused-ring (bicyclic) bond motifs is 1. The SMILES string of the molecule is CCOC(=O)Cn1c(=O)c2cccnc2n(Cc2ccc([N+](=O)[O-])cc2)c1=O. The maximum Gasteiger partial charge on any atom is 0.333 e. The molecule has 2 aromatic heterocycles. The van der Waals surface area contributed by atoms with Crippen molar-refractivity contribution in [1.29, 1.82) is 0 Å². The highest BCUT2D eigenvalue weighted by molar-refractivity contribution is 5.74. The monoisotopic (exact) mass is 384 g/mol. The van der Waals surface area contributed by atoms with Crippen molar-refractivity contribution in [3.05, 3.63) is 79.1 Å². The van der Waals surface area contributed by atoms with E-state index in [1.807, 2.05) is 0 Å². The molecule has 144 valence electrons. The number of nitrogens with zero attached hydrogens (tertiary/aromatic N) is 4. The van der Waals surface area contributed by atoms with Crippen LogP contribution in [-0.4, -0.2) is 31.6 Å². The topological polar surface area (TPSA) is 126 Å². The van der Waals surface area contributed by atoms with Gasteiger partial charge in [-0.15, -0.1) is 0 Å². The van der Waals surface area contributed by atoms with Gasteiger partial charge in [0.1, 0.15) is 12.2 Å². The maximum atomic E-state index is 12.9. The fourth-order valence-electron chi connectivity index (χ4n) is 2.77. The summed E-state index contributed by atoms with van der Waals surface area (Å²) in [5.74, 6) is -0.702. The number of nitro groups is 1. The molecule has 28 heavy (non-hydrogen) atoms. The Morgan fingerprint density at radius 3 is 2.54 bits per heavy atom. The quantitative estimate of drug-likeness (QED) is 0.353. The minimum absolute atomic E-state index is 0.0213. The zero-order chi connectivity index (χ0) is 20.3. The summed E-state index contributed by atoms with van der Waals surface area (Å²) in [5.41, 5.74) is -0.674. The van der Waals surface area contributed by atoms with Crippen molar-refractivity contribution in [3.8, 4) is 0 Å². The number of hydrogen-bond donors (Lipinski definition) is 0. The van der Waals surface area contributed by atoms with Crippen LogP contribution in [0.5, 0.6) is 0 Å². The van der Waals surface area contributed by atoms with Gasteiger partial charge in [-0.1, -0.05) is 12.1 Å². The predicted molar refractivity (Wildman–Crippen MR) is 99.1 cm³/mol. The van der Waals surface area contributed by atoms with Crippen molar-refractivity contribution < 1.29 is 14.5 Å². The van der Waals surface area contributed by atoms with Crippen LogP contribution in [0.3, 0.4) is 0 Å². The normalized spacial score (nSPS) is 10.8. The molecule has 0 spiro atoms. The first-order valence-corrected chi connectivity index (χ1v) is 8.39. The molecule has 0 aliphatic heterocycles. The average molecular weight is 384 g/mol. The second-order valence-corrected chi connectivity index (χ2v) is 5.86. The van der Waals surface area contributed by atoms with Crippen LogP contribution < -0.4 is 11.2 Å². The number of non-ortho nitro benzene ring substituents is 1. The van der Waals surface area contributed by atoms with Crippen LogP contribution in [0.15, 0.2) is 52.2 Å². The first-order chi connectivity index (χ1) is 13.4. The highest BCUT2D eigenvalue weighted by Crippen LogP contribution is 2.13. The number of aromatic nitrogens is 3. The van der Waals surface area contributed by atoms with E-state index in [1.165, 1.54) is 41.1 Å². The van der Waals surface area contributed by atoms with Crippen molar-refractivity contribution in [2.24, 2.45) is 0 Å². The molecule has 10 nitrogen and oxygen atoms in total. The lowest BCUT2D eigenvalue weighted by molar-refractivity contribution is -0.384. The second-order valence-electron chi connectivity index (χ2n) is 5.86. The third-order valence-corrected chi connectivity index (χ3v) is 4.06. The second kappa shape index (κ2) is 7.82. The molecular formula is C18H16N4O6. The molecule has 1 aromatic carbocycles. The number of hydrogen-bond acceptors (Lipinski definition) is 7. The van der Waals surface area contributed by atoms with Crippen LogP contribution >= 0.6 is 0 Å². The Balaban J connectivity index is 2.12. The Morgan fingerprint density at radius 2 is 1.89 bits per heavy atom. The fraction of sp³-hybridized carbons (Fsp3) is 0.222. The van der Waals surface area contributed by atoms with E-state index in [-0.39, 0.29) is 29.9 Å². The highest BCUT2D eigenvalue weighted by atomic mass is 16.6. The van der Waals surface area contributed by atoms with Gasteiger partial charge in [0.05, 0.1) is 23.5 Å². The number of rotatable bonds is 6. The van der Waals surface area contributed by atoms with E-state index in [0.717, 1.165) is 4.57 Å². The number of pyridine rings is 1. The van der Waals surface area contributed by atoms with Gasteiger partial charge in [0.15, 0.2) is 0 Å². The van der Waals surface area contributed by atoms with E-state index < -0.39 is 28.7 Å². The van der Waals surface area contributed by atoms with Gasteiger partial charge in [-0.3, -0.25) is 24.3 Å². The van der Waals surface area contributed by atoms with Crippen molar-refractivity contribution in [1.82, 2.24) is 14.1 Å². The Labute approximate surface area is 157 Å². The van der Waals surface area contributed by atoms with Gasteiger partial charge < -0.3 is 4.74 Å². The fourth-order valence-corrected chi connectivity index (χ4v) is 2.77. The molecule has 0 aliphatic carbocycles. The first-order valence-electron chi connectivity index (χ1n) is 8.39. The lowest BCUT2D eigenvalue weighted by atomic mass is 10.2. The molecule has 0 bridgehead atoms. The van der Waals surface area contributed by atoms with E-state index in [1.54, 1.807) is 13.0 Å². The minimum Gasteiger partial charge on any atom is -0.465 e. The van der Waals surface area contributed by atoms with Crippen LogP contribution in [0, 0.1) is 10.1 Å². The molecule has 3 aromatic rings. The third kappa shape index (κ3) is 3.65. The predicted octanol–water partition coefficient (Wildman–Crippen LogP) is 1.08. The largest absolute Gasteiger partial charge is 0.465 e. The molecule has 0 unspecified atom stereocenters. The molecule has 0 fully saturated rings. The number of ether oxygens (including phenoxy) is 1. The van der Waals surface area contributed by atoms with Gasteiger partial charge >= 0.3 is 11.7 Å². The standard InChI is InChI=1S/C18H16N4O6/c1-2-28-15(23)11-21-17(24)14-4-3-9-19-16(14)20(18(21)25)10-12-5-7-13(8-6-12)22(26)27/h3-9H,2,10-11H2,1H3.